The molecule has 106 valence electrons. The van der Waals surface area contributed by atoms with E-state index in [1.54, 1.807) is 4.90 Å². The second-order valence-corrected chi connectivity index (χ2v) is 5.49. The summed E-state index contributed by atoms with van der Waals surface area (Å²) in [6.45, 7) is 0.367. The molecule has 0 aliphatic carbocycles. The fourth-order valence-electron chi connectivity index (χ4n) is 2.57. The molecule has 1 aliphatic rings. The first-order valence-corrected chi connectivity index (χ1v) is 7.18. The van der Waals surface area contributed by atoms with Gasteiger partial charge < -0.3 is 4.90 Å². The summed E-state index contributed by atoms with van der Waals surface area (Å²) in [5, 5.41) is -0.438. The number of hydrogen-bond donors (Lipinski definition) is 0. The van der Waals surface area contributed by atoms with Crippen LogP contribution in [0.15, 0.2) is 54.6 Å². The molecule has 1 saturated heterocycles. The van der Waals surface area contributed by atoms with Gasteiger partial charge in [-0.15, -0.1) is 0 Å². The molecule has 4 heteroatoms. The fraction of sp³-hybridized carbons (Fsp3) is 0.176. The van der Waals surface area contributed by atoms with Crippen LogP contribution in [0.5, 0.6) is 0 Å². The third kappa shape index (κ3) is 2.83. The first kappa shape index (κ1) is 13.8. The summed E-state index contributed by atoms with van der Waals surface area (Å²) in [7, 11) is 0. The topological polar surface area (TPSA) is 37.4 Å². The largest absolute Gasteiger partial charge is 0.312 e. The van der Waals surface area contributed by atoms with Gasteiger partial charge in [-0.2, -0.15) is 0 Å². The van der Waals surface area contributed by atoms with E-state index < -0.39 is 11.2 Å². The third-order valence-corrected chi connectivity index (χ3v) is 4.04. The first-order chi connectivity index (χ1) is 10.1. The van der Waals surface area contributed by atoms with E-state index in [1.165, 1.54) is 0 Å². The minimum Gasteiger partial charge on any atom is -0.312 e. The third-order valence-electron chi connectivity index (χ3n) is 3.73. The smallest absolute Gasteiger partial charge is 0.227 e. The molecule has 0 radical (unpaired) electrons. The van der Waals surface area contributed by atoms with E-state index in [4.69, 9.17) is 11.6 Å². The lowest BCUT2D eigenvalue weighted by molar-refractivity contribution is -0.120. The van der Waals surface area contributed by atoms with Gasteiger partial charge in [-0.1, -0.05) is 42.5 Å². The highest BCUT2D eigenvalue weighted by Crippen LogP contribution is 2.28. The zero-order valence-electron chi connectivity index (χ0n) is 11.3. The number of amides is 1. The summed E-state index contributed by atoms with van der Waals surface area (Å²) in [5.74, 6) is -0.450. The molecule has 0 saturated carbocycles. The number of hydrogen-bond acceptors (Lipinski definition) is 2. The van der Waals surface area contributed by atoms with E-state index in [0.717, 1.165) is 16.8 Å². The lowest BCUT2D eigenvalue weighted by Crippen LogP contribution is -2.25. The van der Waals surface area contributed by atoms with Crippen LogP contribution in [-0.4, -0.2) is 17.7 Å². The van der Waals surface area contributed by atoms with Crippen molar-refractivity contribution in [2.75, 3.05) is 11.4 Å². The van der Waals surface area contributed by atoms with Crippen molar-refractivity contribution < 1.29 is 9.59 Å². The Hall–Kier alpha value is -2.13. The summed E-state index contributed by atoms with van der Waals surface area (Å²) in [6, 6.07) is 17.8. The van der Waals surface area contributed by atoms with Crippen LogP contribution in [-0.2, 0) is 9.59 Å². The van der Waals surface area contributed by atoms with Crippen LogP contribution in [0.25, 0.3) is 11.1 Å². The summed E-state index contributed by atoms with van der Waals surface area (Å²) in [5.41, 5.74) is 3.03. The average molecular weight is 300 g/mol. The predicted molar refractivity (Wildman–Crippen MR) is 83.2 cm³/mol. The van der Waals surface area contributed by atoms with Crippen molar-refractivity contribution in [3.63, 3.8) is 0 Å². The molecule has 1 aliphatic heterocycles. The lowest BCUT2D eigenvalue weighted by Gasteiger charge is -2.16. The Morgan fingerprint density at radius 1 is 1.00 bits per heavy atom. The van der Waals surface area contributed by atoms with Crippen molar-refractivity contribution in [2.45, 2.75) is 6.42 Å². The molecular formula is C17H14ClNO2. The Morgan fingerprint density at radius 2 is 1.62 bits per heavy atom. The molecule has 0 unspecified atom stereocenters. The predicted octanol–water partition coefficient (Wildman–Crippen LogP) is 3.47. The van der Waals surface area contributed by atoms with Crippen molar-refractivity contribution in [1.29, 1.82) is 0 Å². The number of halogens is 1. The Labute approximate surface area is 128 Å². The van der Waals surface area contributed by atoms with E-state index in [1.807, 2.05) is 54.6 Å². The van der Waals surface area contributed by atoms with E-state index in [-0.39, 0.29) is 12.3 Å². The van der Waals surface area contributed by atoms with Gasteiger partial charge in [-0.05, 0) is 34.9 Å². The maximum atomic E-state index is 12.0. The van der Waals surface area contributed by atoms with Crippen molar-refractivity contribution in [3.05, 3.63) is 54.6 Å². The van der Waals surface area contributed by atoms with E-state index >= 15 is 0 Å². The van der Waals surface area contributed by atoms with Gasteiger partial charge in [0.15, 0.2) is 0 Å². The number of carbonyl (C=O) groups is 2. The molecular weight excluding hydrogens is 286 g/mol. The molecule has 1 atom stereocenters. The van der Waals surface area contributed by atoms with Gasteiger partial charge in [0.25, 0.3) is 0 Å². The highest BCUT2D eigenvalue weighted by molar-refractivity contribution is 6.64. The van der Waals surface area contributed by atoms with E-state index in [9.17, 15) is 9.59 Å². The molecule has 0 N–H and O–H groups in total. The van der Waals surface area contributed by atoms with E-state index in [0.29, 0.717) is 6.54 Å². The average Bonchev–Trinajstić information content (AvgIpc) is 2.91. The Bertz CT molecular complexity index is 667. The standard InChI is InChI=1S/C17H14ClNO2/c18-17(21)14-10-16(20)19(11-14)15-8-6-13(7-9-15)12-4-2-1-3-5-12/h1-9,14H,10-11H2/t14-/m0/s1. The van der Waals surface area contributed by atoms with Gasteiger partial charge in [0.2, 0.25) is 11.1 Å². The first-order valence-electron chi connectivity index (χ1n) is 6.80. The zero-order chi connectivity index (χ0) is 14.8. The summed E-state index contributed by atoms with van der Waals surface area (Å²) < 4.78 is 0. The van der Waals surface area contributed by atoms with Crippen LogP contribution in [0.4, 0.5) is 5.69 Å². The van der Waals surface area contributed by atoms with Gasteiger partial charge in [-0.3, -0.25) is 9.59 Å². The Kier molecular flexibility index (Phi) is 3.76. The van der Waals surface area contributed by atoms with Crippen LogP contribution in [0.1, 0.15) is 6.42 Å². The highest BCUT2D eigenvalue weighted by atomic mass is 35.5. The Morgan fingerprint density at radius 3 is 2.19 bits per heavy atom. The summed E-state index contributed by atoms with van der Waals surface area (Å²) in [4.78, 5) is 24.8. The van der Waals surface area contributed by atoms with Gasteiger partial charge in [0, 0.05) is 18.7 Å². The minimum absolute atomic E-state index is 0.0542. The van der Waals surface area contributed by atoms with Crippen molar-refractivity contribution >= 4 is 28.4 Å². The van der Waals surface area contributed by atoms with Crippen LogP contribution < -0.4 is 4.90 Å². The minimum atomic E-state index is -0.438. The molecule has 0 aromatic heterocycles. The number of nitrogens with zero attached hydrogens (tertiary/aromatic N) is 1. The second-order valence-electron chi connectivity index (χ2n) is 5.12. The maximum absolute atomic E-state index is 12.0. The SMILES string of the molecule is O=C(Cl)[C@H]1CC(=O)N(c2ccc(-c3ccccc3)cc2)C1. The number of carbonyl (C=O) groups excluding carboxylic acids is 2. The van der Waals surface area contributed by atoms with Crippen molar-refractivity contribution in [2.24, 2.45) is 5.92 Å². The highest BCUT2D eigenvalue weighted by Gasteiger charge is 2.34. The molecule has 0 bridgehead atoms. The van der Waals surface area contributed by atoms with Crippen LogP contribution >= 0.6 is 11.6 Å². The number of rotatable bonds is 3. The van der Waals surface area contributed by atoms with Crippen LogP contribution in [0, 0.1) is 5.92 Å². The molecule has 0 spiro atoms. The zero-order valence-corrected chi connectivity index (χ0v) is 12.1. The fourth-order valence-corrected chi connectivity index (χ4v) is 2.72. The molecule has 2 aromatic rings. The lowest BCUT2D eigenvalue weighted by atomic mass is 10.1. The quantitative estimate of drug-likeness (QED) is 0.814. The molecule has 3 nitrogen and oxygen atoms in total. The van der Waals surface area contributed by atoms with Crippen LogP contribution in [0.3, 0.4) is 0 Å². The maximum Gasteiger partial charge on any atom is 0.227 e. The monoisotopic (exact) mass is 299 g/mol. The second kappa shape index (κ2) is 5.70. The van der Waals surface area contributed by atoms with Gasteiger partial charge in [-0.25, -0.2) is 0 Å². The Balaban J connectivity index is 1.82. The van der Waals surface area contributed by atoms with Gasteiger partial charge in [0.05, 0.1) is 5.92 Å². The molecule has 2 aromatic carbocycles. The van der Waals surface area contributed by atoms with Gasteiger partial charge >= 0.3 is 0 Å². The molecule has 1 heterocycles. The van der Waals surface area contributed by atoms with E-state index in [2.05, 4.69) is 0 Å². The summed E-state index contributed by atoms with van der Waals surface area (Å²) >= 11 is 5.49. The number of anilines is 1. The molecule has 21 heavy (non-hydrogen) atoms. The van der Waals surface area contributed by atoms with Crippen LogP contribution in [0.2, 0.25) is 0 Å². The summed E-state index contributed by atoms with van der Waals surface area (Å²) in [6.07, 6.45) is 0.197. The molecule has 1 amide bonds. The van der Waals surface area contributed by atoms with Crippen molar-refractivity contribution in [1.82, 2.24) is 0 Å². The molecule has 1 fully saturated rings. The molecule has 3 rings (SSSR count). The van der Waals surface area contributed by atoms with Crippen molar-refractivity contribution in [3.8, 4) is 11.1 Å². The number of benzene rings is 2. The normalized spacial score (nSPS) is 18.0. The van der Waals surface area contributed by atoms with Gasteiger partial charge in [0.1, 0.15) is 0 Å².